The van der Waals surface area contributed by atoms with Crippen molar-refractivity contribution in [2.45, 2.75) is 45.4 Å². The molecule has 0 spiro atoms. The van der Waals surface area contributed by atoms with Gasteiger partial charge in [-0.25, -0.2) is 0 Å². The number of carbonyl (C=O) groups excluding carboxylic acids is 1. The summed E-state index contributed by atoms with van der Waals surface area (Å²) in [4.78, 5) is 15.6. The van der Waals surface area contributed by atoms with Gasteiger partial charge < -0.3 is 16.4 Å². The largest absolute Gasteiger partial charge is 0.370 e. The Morgan fingerprint density at radius 3 is 2.53 bits per heavy atom. The minimum atomic E-state index is 0. The third-order valence-corrected chi connectivity index (χ3v) is 2.97. The summed E-state index contributed by atoms with van der Waals surface area (Å²) < 4.78 is 0. The van der Waals surface area contributed by atoms with Crippen molar-refractivity contribution in [1.29, 1.82) is 0 Å². The fourth-order valence-corrected chi connectivity index (χ4v) is 1.66. The van der Waals surface area contributed by atoms with Crippen LogP contribution in [0.3, 0.4) is 0 Å². The lowest BCUT2D eigenvalue weighted by Gasteiger charge is -2.07. The van der Waals surface area contributed by atoms with Crippen molar-refractivity contribution in [1.82, 2.24) is 10.6 Å². The Hall–Kier alpha value is -0.530. The summed E-state index contributed by atoms with van der Waals surface area (Å²) >= 11 is 0. The van der Waals surface area contributed by atoms with Gasteiger partial charge in [-0.05, 0) is 19.3 Å². The van der Waals surface area contributed by atoms with Crippen molar-refractivity contribution in [3.8, 4) is 0 Å². The van der Waals surface area contributed by atoms with Gasteiger partial charge in [0.2, 0.25) is 5.91 Å². The quantitative estimate of drug-likeness (QED) is 0.245. The summed E-state index contributed by atoms with van der Waals surface area (Å²) in [5.41, 5.74) is 5.70. The van der Waals surface area contributed by atoms with E-state index in [1.807, 2.05) is 0 Å². The van der Waals surface area contributed by atoms with Gasteiger partial charge in [0.15, 0.2) is 5.96 Å². The van der Waals surface area contributed by atoms with Crippen molar-refractivity contribution >= 4 is 35.8 Å². The number of aliphatic imine (C=N–C) groups is 1. The van der Waals surface area contributed by atoms with Crippen molar-refractivity contribution in [3.63, 3.8) is 0 Å². The van der Waals surface area contributed by atoms with E-state index >= 15 is 0 Å². The first kappa shape index (κ1) is 18.5. The second-order valence-electron chi connectivity index (χ2n) is 4.82. The third kappa shape index (κ3) is 9.98. The fraction of sp³-hybridized carbons (Fsp3) is 0.846. The first-order valence-electron chi connectivity index (χ1n) is 7.05. The van der Waals surface area contributed by atoms with Crippen molar-refractivity contribution in [2.24, 2.45) is 16.6 Å². The highest BCUT2D eigenvalue weighted by Crippen LogP contribution is 2.28. The normalized spacial score (nSPS) is 14.7. The number of guanidine groups is 1. The zero-order chi connectivity index (χ0) is 13.2. The van der Waals surface area contributed by atoms with Crippen LogP contribution in [-0.2, 0) is 4.79 Å². The van der Waals surface area contributed by atoms with Gasteiger partial charge in [0.1, 0.15) is 0 Å². The summed E-state index contributed by atoms with van der Waals surface area (Å²) in [7, 11) is 0. The molecule has 0 saturated heterocycles. The van der Waals surface area contributed by atoms with Gasteiger partial charge in [0.05, 0.1) is 0 Å². The van der Waals surface area contributed by atoms with Crippen LogP contribution >= 0.6 is 24.0 Å². The van der Waals surface area contributed by atoms with Crippen LogP contribution in [0.25, 0.3) is 0 Å². The highest BCUT2D eigenvalue weighted by molar-refractivity contribution is 14.0. The predicted molar refractivity (Wildman–Crippen MR) is 89.8 cm³/mol. The molecule has 1 amide bonds. The van der Waals surface area contributed by atoms with E-state index in [2.05, 4.69) is 22.5 Å². The van der Waals surface area contributed by atoms with E-state index in [1.54, 1.807) is 0 Å². The van der Waals surface area contributed by atoms with Crippen LogP contribution in [0.1, 0.15) is 45.4 Å². The first-order chi connectivity index (χ1) is 8.74. The third-order valence-electron chi connectivity index (χ3n) is 2.97. The Kier molecular flexibility index (Phi) is 11.0. The standard InChI is InChI=1S/C13H26N4O.HI/c1-2-3-4-5-8-16-13(14)17-10-9-15-12(18)11-6-7-11;/h11H,2-10H2,1H3,(H,15,18)(H3,14,16,17);1H. The average Bonchev–Trinajstić information content (AvgIpc) is 3.18. The van der Waals surface area contributed by atoms with Gasteiger partial charge >= 0.3 is 0 Å². The van der Waals surface area contributed by atoms with Gasteiger partial charge in [-0.3, -0.25) is 9.79 Å². The molecule has 0 aromatic rings. The second kappa shape index (κ2) is 11.3. The topological polar surface area (TPSA) is 79.5 Å². The molecule has 1 aliphatic carbocycles. The zero-order valence-electron chi connectivity index (χ0n) is 11.8. The lowest BCUT2D eigenvalue weighted by molar-refractivity contribution is -0.122. The van der Waals surface area contributed by atoms with Crippen LogP contribution in [-0.4, -0.2) is 31.5 Å². The summed E-state index contributed by atoms with van der Waals surface area (Å²) in [5.74, 6) is 0.925. The van der Waals surface area contributed by atoms with E-state index < -0.39 is 0 Å². The average molecular weight is 382 g/mol. The van der Waals surface area contributed by atoms with Gasteiger partial charge in [0, 0.05) is 25.6 Å². The van der Waals surface area contributed by atoms with Crippen LogP contribution in [0.5, 0.6) is 0 Å². The molecule has 1 rings (SSSR count). The second-order valence-corrected chi connectivity index (χ2v) is 4.82. The number of carbonyl (C=O) groups is 1. The number of nitrogens with zero attached hydrogens (tertiary/aromatic N) is 1. The molecule has 112 valence electrons. The number of rotatable bonds is 9. The Labute approximate surface area is 133 Å². The van der Waals surface area contributed by atoms with E-state index in [9.17, 15) is 4.79 Å². The number of nitrogens with one attached hydrogen (secondary N) is 2. The van der Waals surface area contributed by atoms with Crippen molar-refractivity contribution in [3.05, 3.63) is 0 Å². The molecule has 6 heteroatoms. The Morgan fingerprint density at radius 1 is 1.21 bits per heavy atom. The molecule has 1 saturated carbocycles. The number of unbranched alkanes of at least 4 members (excludes halogenated alkanes) is 3. The molecule has 0 heterocycles. The molecule has 0 radical (unpaired) electrons. The van der Waals surface area contributed by atoms with E-state index in [1.165, 1.54) is 19.3 Å². The summed E-state index contributed by atoms with van der Waals surface area (Å²) in [5, 5.41) is 5.87. The molecule has 0 bridgehead atoms. The first-order valence-corrected chi connectivity index (χ1v) is 7.05. The number of amides is 1. The monoisotopic (exact) mass is 382 g/mol. The van der Waals surface area contributed by atoms with Crippen molar-refractivity contribution < 1.29 is 4.79 Å². The maximum Gasteiger partial charge on any atom is 0.223 e. The van der Waals surface area contributed by atoms with Crippen LogP contribution in [0.2, 0.25) is 0 Å². The lowest BCUT2D eigenvalue weighted by Crippen LogP contribution is -2.38. The molecule has 1 aliphatic rings. The molecular formula is C13H27IN4O. The molecule has 0 atom stereocenters. The minimum Gasteiger partial charge on any atom is -0.370 e. The molecule has 0 unspecified atom stereocenters. The van der Waals surface area contributed by atoms with Gasteiger partial charge in [-0.2, -0.15) is 0 Å². The maximum absolute atomic E-state index is 11.3. The maximum atomic E-state index is 11.3. The Bertz CT molecular complexity index is 280. The molecule has 4 N–H and O–H groups in total. The highest BCUT2D eigenvalue weighted by atomic mass is 127. The van der Waals surface area contributed by atoms with E-state index in [0.29, 0.717) is 19.0 Å². The summed E-state index contributed by atoms with van der Waals surface area (Å²) in [6.45, 7) is 4.23. The highest BCUT2D eigenvalue weighted by Gasteiger charge is 2.28. The molecular weight excluding hydrogens is 355 g/mol. The van der Waals surface area contributed by atoms with Crippen molar-refractivity contribution in [2.75, 3.05) is 19.6 Å². The number of halogens is 1. The van der Waals surface area contributed by atoms with Crippen LogP contribution in [0, 0.1) is 5.92 Å². The Morgan fingerprint density at radius 2 is 1.89 bits per heavy atom. The fourth-order valence-electron chi connectivity index (χ4n) is 1.66. The van der Waals surface area contributed by atoms with E-state index in [0.717, 1.165) is 25.8 Å². The lowest BCUT2D eigenvalue weighted by atomic mass is 10.2. The zero-order valence-corrected chi connectivity index (χ0v) is 14.1. The number of nitrogens with two attached hydrogens (primary N) is 1. The van der Waals surface area contributed by atoms with Gasteiger partial charge in [-0.15, -0.1) is 24.0 Å². The molecule has 19 heavy (non-hydrogen) atoms. The molecule has 0 aromatic carbocycles. The molecule has 0 aromatic heterocycles. The number of hydrogen-bond acceptors (Lipinski definition) is 2. The summed E-state index contributed by atoms with van der Waals surface area (Å²) in [6.07, 6.45) is 6.88. The van der Waals surface area contributed by atoms with E-state index in [4.69, 9.17) is 5.73 Å². The van der Waals surface area contributed by atoms with Crippen LogP contribution < -0.4 is 16.4 Å². The minimum absolute atomic E-state index is 0. The molecule has 5 nitrogen and oxygen atoms in total. The van der Waals surface area contributed by atoms with E-state index in [-0.39, 0.29) is 35.8 Å². The van der Waals surface area contributed by atoms with Gasteiger partial charge in [-0.1, -0.05) is 26.2 Å². The van der Waals surface area contributed by atoms with Crippen LogP contribution in [0.15, 0.2) is 4.99 Å². The number of hydrogen-bond donors (Lipinski definition) is 3. The smallest absolute Gasteiger partial charge is 0.223 e. The summed E-state index contributed by atoms with van der Waals surface area (Å²) in [6, 6.07) is 0. The van der Waals surface area contributed by atoms with Crippen LogP contribution in [0.4, 0.5) is 0 Å². The SMILES string of the molecule is CCCCCCN=C(N)NCCNC(=O)C1CC1.I. The van der Waals surface area contributed by atoms with Gasteiger partial charge in [0.25, 0.3) is 0 Å². The molecule has 0 aliphatic heterocycles. The Balaban J connectivity index is 0.00000324. The molecule has 1 fully saturated rings. The predicted octanol–water partition coefficient (Wildman–Crippen LogP) is 1.62.